The van der Waals surface area contributed by atoms with Gasteiger partial charge in [-0.15, -0.1) is 11.3 Å². The lowest BCUT2D eigenvalue weighted by Gasteiger charge is -2.11. The van der Waals surface area contributed by atoms with Crippen LogP contribution in [0.5, 0.6) is 0 Å². The summed E-state index contributed by atoms with van der Waals surface area (Å²) in [5.41, 5.74) is 12.4. The maximum Gasteiger partial charge on any atom is 0.164 e. The van der Waals surface area contributed by atoms with Crippen LogP contribution in [0.25, 0.3) is 126 Å². The minimum Gasteiger partial charge on any atom is -0.456 e. The van der Waals surface area contributed by atoms with E-state index in [-0.39, 0.29) is 0 Å². The van der Waals surface area contributed by atoms with Crippen molar-refractivity contribution in [2.45, 2.75) is 0 Å². The Balaban J connectivity index is 1.01. The smallest absolute Gasteiger partial charge is 0.164 e. The van der Waals surface area contributed by atoms with Gasteiger partial charge in [-0.05, 0) is 89.0 Å². The molecule has 0 unspecified atom stereocenters. The summed E-state index contributed by atoms with van der Waals surface area (Å²) in [6.07, 6.45) is 0. The summed E-state index contributed by atoms with van der Waals surface area (Å²) < 4.78 is 11.3. The molecule has 0 N–H and O–H groups in total. The zero-order valence-corrected chi connectivity index (χ0v) is 34.6. The maximum atomic E-state index is 6.54. The fourth-order valence-electron chi connectivity index (χ4n) is 9.37. The lowest BCUT2D eigenvalue weighted by atomic mass is 9.96. The van der Waals surface area contributed by atoms with E-state index >= 15 is 0 Å². The van der Waals surface area contributed by atoms with Crippen LogP contribution in [0.2, 0.25) is 0 Å². The summed E-state index contributed by atoms with van der Waals surface area (Å²) in [4.78, 5) is 15.8. The molecule has 0 radical (unpaired) electrons. The molecule has 4 aromatic heterocycles. The zero-order chi connectivity index (χ0) is 41.4. The molecule has 0 saturated heterocycles. The molecule has 0 amide bonds. The molecule has 9 aromatic carbocycles. The number of thiophene rings is 1. The molecule has 0 atom stereocenters. The normalized spacial score (nSPS) is 11.8. The summed E-state index contributed by atoms with van der Waals surface area (Å²) in [6.45, 7) is 0. The van der Waals surface area contributed by atoms with Crippen LogP contribution >= 0.6 is 11.3 Å². The predicted octanol–water partition coefficient (Wildman–Crippen LogP) is 15.6. The quantitative estimate of drug-likeness (QED) is 0.168. The number of furan rings is 1. The third-order valence-corrected chi connectivity index (χ3v) is 13.4. The SMILES string of the molecule is c1ccc(-c2nc(-c3cc(-c4ccccc4)c4c(c3)oc3ccccc34)nc(-c3cccc4sc5ccc(-c6ccc7c(c6)c6ccccc6n7-c6ccccc6)cc5c34)n2)cc1. The third-order valence-electron chi connectivity index (χ3n) is 12.2. The molecule has 0 aliphatic rings. The van der Waals surface area contributed by atoms with Crippen molar-refractivity contribution in [2.24, 2.45) is 0 Å². The van der Waals surface area contributed by atoms with E-state index in [1.54, 1.807) is 11.3 Å². The van der Waals surface area contributed by atoms with Gasteiger partial charge in [0.15, 0.2) is 17.5 Å². The second-order valence-electron chi connectivity index (χ2n) is 15.9. The summed E-state index contributed by atoms with van der Waals surface area (Å²) in [5.74, 6) is 1.82. The zero-order valence-electron chi connectivity index (χ0n) is 33.7. The Morgan fingerprint density at radius 1 is 0.349 bits per heavy atom. The van der Waals surface area contributed by atoms with E-state index in [0.717, 1.165) is 66.4 Å². The van der Waals surface area contributed by atoms with Crippen molar-refractivity contribution in [3.8, 4) is 62.1 Å². The van der Waals surface area contributed by atoms with Gasteiger partial charge in [-0.3, -0.25) is 0 Å². The highest BCUT2D eigenvalue weighted by atomic mass is 32.1. The predicted molar refractivity (Wildman–Crippen MR) is 262 cm³/mol. The molecular formula is C57H34N4OS. The van der Waals surface area contributed by atoms with Crippen molar-refractivity contribution in [1.29, 1.82) is 0 Å². The first-order chi connectivity index (χ1) is 31.2. The number of para-hydroxylation sites is 3. The van der Waals surface area contributed by atoms with E-state index in [1.807, 2.05) is 36.4 Å². The summed E-state index contributed by atoms with van der Waals surface area (Å²) in [6, 6.07) is 72.7. The Hall–Kier alpha value is -8.19. The molecule has 4 heterocycles. The van der Waals surface area contributed by atoms with Crippen LogP contribution in [0.4, 0.5) is 0 Å². The van der Waals surface area contributed by atoms with E-state index in [1.165, 1.54) is 42.2 Å². The molecule has 0 aliphatic heterocycles. The van der Waals surface area contributed by atoms with Crippen LogP contribution in [-0.2, 0) is 0 Å². The van der Waals surface area contributed by atoms with Gasteiger partial charge in [-0.1, -0.05) is 140 Å². The van der Waals surface area contributed by atoms with Crippen molar-refractivity contribution in [1.82, 2.24) is 19.5 Å². The molecule has 0 fully saturated rings. The van der Waals surface area contributed by atoms with Gasteiger partial charge in [0.1, 0.15) is 11.2 Å². The number of aromatic nitrogens is 4. The van der Waals surface area contributed by atoms with E-state index < -0.39 is 0 Å². The summed E-state index contributed by atoms with van der Waals surface area (Å²) in [5, 5.41) is 6.92. The van der Waals surface area contributed by atoms with Crippen LogP contribution < -0.4 is 0 Å². The van der Waals surface area contributed by atoms with Crippen LogP contribution in [0, 0.1) is 0 Å². The van der Waals surface area contributed by atoms with Crippen molar-refractivity contribution in [3.05, 3.63) is 206 Å². The second-order valence-corrected chi connectivity index (χ2v) is 17.0. The number of rotatable bonds is 6. The first-order valence-electron chi connectivity index (χ1n) is 21.1. The first kappa shape index (κ1) is 35.6. The standard InChI is InChI=1S/C57H34N4OS/c1-4-15-35(16-5-1)44-33-39(34-50-53(44)42-22-11-13-25-49(42)62-50)56-58-55(36-17-6-2-7-18-36)59-57(60-56)43-23-14-26-52-54(43)46-32-38(28-30-51(46)63-52)37-27-29-48-45(31-37)41-21-10-12-24-47(41)61(48)40-19-8-3-9-20-40/h1-34H. The minimum absolute atomic E-state index is 0.582. The van der Waals surface area contributed by atoms with E-state index in [2.05, 4.69) is 174 Å². The van der Waals surface area contributed by atoms with E-state index in [9.17, 15) is 0 Å². The van der Waals surface area contributed by atoms with Gasteiger partial charge in [0.25, 0.3) is 0 Å². The van der Waals surface area contributed by atoms with Crippen molar-refractivity contribution < 1.29 is 4.42 Å². The van der Waals surface area contributed by atoms with Crippen LogP contribution in [0.15, 0.2) is 211 Å². The molecule has 6 heteroatoms. The van der Waals surface area contributed by atoms with Gasteiger partial charge in [0, 0.05) is 64.1 Å². The average molecular weight is 823 g/mol. The van der Waals surface area contributed by atoms with Crippen molar-refractivity contribution in [2.75, 3.05) is 0 Å². The van der Waals surface area contributed by atoms with Crippen LogP contribution in [-0.4, -0.2) is 19.5 Å². The average Bonchev–Trinajstić information content (AvgIpc) is 4.03. The van der Waals surface area contributed by atoms with Crippen molar-refractivity contribution in [3.63, 3.8) is 0 Å². The fourth-order valence-corrected chi connectivity index (χ4v) is 10.5. The third kappa shape index (κ3) is 5.80. The highest BCUT2D eigenvalue weighted by Gasteiger charge is 2.21. The topological polar surface area (TPSA) is 56.7 Å². The van der Waals surface area contributed by atoms with Gasteiger partial charge in [-0.2, -0.15) is 0 Å². The Morgan fingerprint density at radius 2 is 0.984 bits per heavy atom. The lowest BCUT2D eigenvalue weighted by molar-refractivity contribution is 0.669. The molecule has 0 aliphatic carbocycles. The highest BCUT2D eigenvalue weighted by molar-refractivity contribution is 7.26. The molecular weight excluding hydrogens is 789 g/mol. The molecule has 0 bridgehead atoms. The Labute approximate surface area is 365 Å². The monoisotopic (exact) mass is 822 g/mol. The number of hydrogen-bond donors (Lipinski definition) is 0. The van der Waals surface area contributed by atoms with Gasteiger partial charge in [0.05, 0.1) is 11.0 Å². The van der Waals surface area contributed by atoms with Crippen molar-refractivity contribution >= 4 is 75.3 Å². The number of fused-ring (bicyclic) bond motifs is 9. The molecule has 13 rings (SSSR count). The van der Waals surface area contributed by atoms with E-state index in [4.69, 9.17) is 19.4 Å². The Bertz CT molecular complexity index is 3910. The number of nitrogens with zero attached hydrogens (tertiary/aromatic N) is 4. The fraction of sp³-hybridized carbons (Fsp3) is 0. The number of benzene rings is 9. The van der Waals surface area contributed by atoms with Gasteiger partial charge in [0.2, 0.25) is 0 Å². The number of hydrogen-bond acceptors (Lipinski definition) is 5. The van der Waals surface area contributed by atoms with Crippen LogP contribution in [0.1, 0.15) is 0 Å². The molecule has 63 heavy (non-hydrogen) atoms. The first-order valence-corrected chi connectivity index (χ1v) is 21.9. The van der Waals surface area contributed by atoms with Gasteiger partial charge >= 0.3 is 0 Å². The van der Waals surface area contributed by atoms with Gasteiger partial charge in [-0.25, -0.2) is 15.0 Å². The molecule has 5 nitrogen and oxygen atoms in total. The Kier molecular flexibility index (Phi) is 8.01. The summed E-state index contributed by atoms with van der Waals surface area (Å²) in [7, 11) is 0. The van der Waals surface area contributed by atoms with Crippen LogP contribution in [0.3, 0.4) is 0 Å². The largest absolute Gasteiger partial charge is 0.456 e. The highest BCUT2D eigenvalue weighted by Crippen LogP contribution is 2.44. The minimum atomic E-state index is 0.582. The second kappa shape index (κ2) is 14.2. The Morgan fingerprint density at radius 3 is 1.79 bits per heavy atom. The van der Waals surface area contributed by atoms with Gasteiger partial charge < -0.3 is 8.98 Å². The molecule has 13 aromatic rings. The molecule has 0 spiro atoms. The van der Waals surface area contributed by atoms with E-state index in [0.29, 0.717) is 17.5 Å². The molecule has 294 valence electrons. The molecule has 0 saturated carbocycles. The summed E-state index contributed by atoms with van der Waals surface area (Å²) >= 11 is 1.80. The lowest BCUT2D eigenvalue weighted by Crippen LogP contribution is -2.00. The maximum absolute atomic E-state index is 6.54.